The SMILES string of the molecule is CNC(=O)CCCNC(C)CC(F)(F)F. The largest absolute Gasteiger partial charge is 0.390 e. The van der Waals surface area contributed by atoms with Crippen molar-refractivity contribution in [2.75, 3.05) is 13.6 Å². The smallest absolute Gasteiger partial charge is 0.359 e. The van der Waals surface area contributed by atoms with E-state index in [-0.39, 0.29) is 5.91 Å². The quantitative estimate of drug-likeness (QED) is 0.673. The molecule has 0 aromatic carbocycles. The van der Waals surface area contributed by atoms with Crippen LogP contribution in [0.4, 0.5) is 13.2 Å². The molecule has 0 fully saturated rings. The summed E-state index contributed by atoms with van der Waals surface area (Å²) in [7, 11) is 1.53. The van der Waals surface area contributed by atoms with Crippen molar-refractivity contribution in [2.24, 2.45) is 0 Å². The lowest BCUT2D eigenvalue weighted by molar-refractivity contribution is -0.139. The minimum atomic E-state index is -4.13. The van der Waals surface area contributed by atoms with Gasteiger partial charge in [-0.15, -0.1) is 0 Å². The molecule has 0 aliphatic carbocycles. The molecule has 2 N–H and O–H groups in total. The van der Waals surface area contributed by atoms with Crippen molar-refractivity contribution in [1.82, 2.24) is 10.6 Å². The Bertz CT molecular complexity index is 194. The second-order valence-electron chi connectivity index (χ2n) is 3.45. The Hall–Kier alpha value is -0.780. The highest BCUT2D eigenvalue weighted by Gasteiger charge is 2.29. The molecule has 0 spiro atoms. The van der Waals surface area contributed by atoms with Gasteiger partial charge in [-0.3, -0.25) is 4.79 Å². The van der Waals surface area contributed by atoms with Crippen molar-refractivity contribution in [3.05, 3.63) is 0 Å². The zero-order valence-electron chi connectivity index (χ0n) is 8.95. The van der Waals surface area contributed by atoms with Gasteiger partial charge >= 0.3 is 6.18 Å². The van der Waals surface area contributed by atoms with Crippen LogP contribution in [0.5, 0.6) is 0 Å². The molecule has 1 unspecified atom stereocenters. The molecule has 1 atom stereocenters. The Labute approximate surface area is 87.4 Å². The average molecular weight is 226 g/mol. The van der Waals surface area contributed by atoms with E-state index in [1.54, 1.807) is 0 Å². The van der Waals surface area contributed by atoms with Gasteiger partial charge < -0.3 is 10.6 Å². The maximum absolute atomic E-state index is 11.9. The van der Waals surface area contributed by atoms with Crippen LogP contribution in [-0.2, 0) is 4.79 Å². The highest BCUT2D eigenvalue weighted by atomic mass is 19.4. The Morgan fingerprint density at radius 1 is 1.40 bits per heavy atom. The maximum atomic E-state index is 11.9. The third-order valence-corrected chi connectivity index (χ3v) is 1.89. The minimum Gasteiger partial charge on any atom is -0.359 e. The first kappa shape index (κ1) is 14.2. The number of hydrogen-bond acceptors (Lipinski definition) is 2. The molecule has 0 radical (unpaired) electrons. The molecule has 90 valence electrons. The number of hydrogen-bond donors (Lipinski definition) is 2. The molecule has 0 aromatic rings. The highest BCUT2D eigenvalue weighted by Crippen LogP contribution is 2.21. The predicted octanol–water partition coefficient (Wildman–Crippen LogP) is 1.44. The molecule has 0 heterocycles. The van der Waals surface area contributed by atoms with Crippen molar-refractivity contribution in [3.63, 3.8) is 0 Å². The number of nitrogens with one attached hydrogen (secondary N) is 2. The number of carbonyl (C=O) groups excluding carboxylic acids is 1. The van der Waals surface area contributed by atoms with Crippen LogP contribution in [0.2, 0.25) is 0 Å². The molecule has 15 heavy (non-hydrogen) atoms. The molecule has 6 heteroatoms. The fourth-order valence-electron chi connectivity index (χ4n) is 1.14. The van der Waals surface area contributed by atoms with E-state index in [0.717, 1.165) is 0 Å². The van der Waals surface area contributed by atoms with Gasteiger partial charge in [-0.1, -0.05) is 0 Å². The number of amides is 1. The number of alkyl halides is 3. The summed E-state index contributed by atoms with van der Waals surface area (Å²) in [6.45, 7) is 1.90. The number of halogens is 3. The van der Waals surface area contributed by atoms with E-state index < -0.39 is 18.6 Å². The van der Waals surface area contributed by atoms with Crippen LogP contribution in [0.3, 0.4) is 0 Å². The van der Waals surface area contributed by atoms with Crippen LogP contribution >= 0.6 is 0 Å². The molecule has 1 amide bonds. The lowest BCUT2D eigenvalue weighted by Gasteiger charge is -2.15. The van der Waals surface area contributed by atoms with Crippen LogP contribution in [0, 0.1) is 0 Å². The van der Waals surface area contributed by atoms with Gasteiger partial charge in [0.15, 0.2) is 0 Å². The van der Waals surface area contributed by atoms with E-state index in [1.807, 2.05) is 0 Å². The lowest BCUT2D eigenvalue weighted by atomic mass is 10.2. The zero-order valence-corrected chi connectivity index (χ0v) is 8.95. The van der Waals surface area contributed by atoms with Gasteiger partial charge in [0.25, 0.3) is 0 Å². The van der Waals surface area contributed by atoms with Gasteiger partial charge in [0, 0.05) is 19.5 Å². The summed E-state index contributed by atoms with van der Waals surface area (Å²) < 4.78 is 35.7. The fourth-order valence-corrected chi connectivity index (χ4v) is 1.14. The lowest BCUT2D eigenvalue weighted by Crippen LogP contribution is -2.32. The Balaban J connectivity index is 3.47. The van der Waals surface area contributed by atoms with Gasteiger partial charge in [-0.25, -0.2) is 0 Å². The monoisotopic (exact) mass is 226 g/mol. The minimum absolute atomic E-state index is 0.0970. The fraction of sp³-hybridized carbons (Fsp3) is 0.889. The standard InChI is InChI=1S/C9H17F3N2O/c1-7(6-9(10,11)12)14-5-3-4-8(15)13-2/h7,14H,3-6H2,1-2H3,(H,13,15). The third kappa shape index (κ3) is 9.52. The van der Waals surface area contributed by atoms with Gasteiger partial charge in [-0.2, -0.15) is 13.2 Å². The summed E-state index contributed by atoms with van der Waals surface area (Å²) >= 11 is 0. The van der Waals surface area contributed by atoms with Crippen molar-refractivity contribution in [2.45, 2.75) is 38.4 Å². The number of rotatable bonds is 6. The van der Waals surface area contributed by atoms with Crippen LogP contribution in [-0.4, -0.2) is 31.7 Å². The third-order valence-electron chi connectivity index (χ3n) is 1.89. The van der Waals surface area contributed by atoms with Gasteiger partial charge in [0.2, 0.25) is 5.91 Å². The van der Waals surface area contributed by atoms with E-state index >= 15 is 0 Å². The molecular weight excluding hydrogens is 209 g/mol. The first-order valence-corrected chi connectivity index (χ1v) is 4.86. The summed E-state index contributed by atoms with van der Waals surface area (Å²) in [5.74, 6) is -0.0970. The van der Waals surface area contributed by atoms with Crippen LogP contribution in [0.15, 0.2) is 0 Å². The van der Waals surface area contributed by atoms with E-state index in [9.17, 15) is 18.0 Å². The summed E-state index contributed by atoms with van der Waals surface area (Å²) in [4.78, 5) is 10.8. The second-order valence-corrected chi connectivity index (χ2v) is 3.45. The first-order valence-electron chi connectivity index (χ1n) is 4.86. The van der Waals surface area contributed by atoms with Gasteiger partial charge in [-0.05, 0) is 19.9 Å². The molecule has 0 saturated carbocycles. The molecule has 0 aromatic heterocycles. The van der Waals surface area contributed by atoms with Crippen LogP contribution in [0.25, 0.3) is 0 Å². The zero-order chi connectivity index (χ0) is 11.9. The molecular formula is C9H17F3N2O. The topological polar surface area (TPSA) is 41.1 Å². The van der Waals surface area contributed by atoms with E-state index in [4.69, 9.17) is 0 Å². The van der Waals surface area contributed by atoms with E-state index in [0.29, 0.717) is 19.4 Å². The maximum Gasteiger partial charge on any atom is 0.390 e. The van der Waals surface area contributed by atoms with Crippen LogP contribution < -0.4 is 10.6 Å². The summed E-state index contributed by atoms with van der Waals surface area (Å²) in [5.41, 5.74) is 0. The Kier molecular flexibility index (Phi) is 6.31. The summed E-state index contributed by atoms with van der Waals surface area (Å²) in [6, 6.07) is -0.602. The Morgan fingerprint density at radius 3 is 2.47 bits per heavy atom. The molecule has 0 aliphatic heterocycles. The summed E-state index contributed by atoms with van der Waals surface area (Å²) in [6.07, 6.45) is -4.09. The van der Waals surface area contributed by atoms with E-state index in [2.05, 4.69) is 10.6 Å². The molecule has 0 saturated heterocycles. The average Bonchev–Trinajstić information content (AvgIpc) is 2.09. The van der Waals surface area contributed by atoms with Gasteiger partial charge in [0.1, 0.15) is 0 Å². The molecule has 0 bridgehead atoms. The van der Waals surface area contributed by atoms with Crippen molar-refractivity contribution < 1.29 is 18.0 Å². The van der Waals surface area contributed by atoms with Crippen LogP contribution in [0.1, 0.15) is 26.2 Å². The normalized spacial score (nSPS) is 13.7. The predicted molar refractivity (Wildman–Crippen MR) is 51.4 cm³/mol. The van der Waals surface area contributed by atoms with Crippen molar-refractivity contribution in [1.29, 1.82) is 0 Å². The summed E-state index contributed by atoms with van der Waals surface area (Å²) in [5, 5.41) is 5.16. The molecule has 0 rings (SSSR count). The molecule has 3 nitrogen and oxygen atoms in total. The van der Waals surface area contributed by atoms with Gasteiger partial charge in [0.05, 0.1) is 6.42 Å². The highest BCUT2D eigenvalue weighted by molar-refractivity contribution is 5.75. The van der Waals surface area contributed by atoms with Crippen molar-refractivity contribution in [3.8, 4) is 0 Å². The first-order chi connectivity index (χ1) is 6.85. The van der Waals surface area contributed by atoms with E-state index in [1.165, 1.54) is 14.0 Å². The van der Waals surface area contributed by atoms with Crippen molar-refractivity contribution >= 4 is 5.91 Å². The Morgan fingerprint density at radius 2 is 2.00 bits per heavy atom. The second kappa shape index (κ2) is 6.66. The number of carbonyl (C=O) groups is 1. The molecule has 0 aliphatic rings.